The highest BCUT2D eigenvalue weighted by Gasteiger charge is 2.47. The van der Waals surface area contributed by atoms with Gasteiger partial charge in [0.05, 0.1) is 0 Å². The number of carbonyl (C=O) groups excluding carboxylic acids is 1. The molecule has 2 aliphatic rings. The van der Waals surface area contributed by atoms with Crippen molar-refractivity contribution >= 4 is 11.9 Å². The number of carbonyl (C=O) groups is 2. The van der Waals surface area contributed by atoms with Gasteiger partial charge < -0.3 is 15.1 Å². The molecule has 2 heterocycles. The van der Waals surface area contributed by atoms with Gasteiger partial charge in [0, 0.05) is 25.2 Å². The fourth-order valence-corrected chi connectivity index (χ4v) is 4.02. The smallest absolute Gasteiger partial charge is 0.320 e. The maximum absolute atomic E-state index is 12.6. The van der Waals surface area contributed by atoms with Crippen molar-refractivity contribution in [3.8, 4) is 5.75 Å². The Bertz CT molecular complexity index is 665. The number of piperidine rings is 1. The molecule has 3 rings (SSSR count). The van der Waals surface area contributed by atoms with Crippen molar-refractivity contribution in [2.75, 3.05) is 26.7 Å². The molecule has 0 radical (unpaired) electrons. The molecule has 1 atom stereocenters. The second kappa shape index (κ2) is 6.09. The van der Waals surface area contributed by atoms with Crippen LogP contribution in [0.5, 0.6) is 5.75 Å². The molecule has 2 saturated heterocycles. The highest BCUT2D eigenvalue weighted by molar-refractivity contribution is 5.94. The molecule has 0 saturated carbocycles. The van der Waals surface area contributed by atoms with Crippen LogP contribution in [-0.4, -0.2) is 64.6 Å². The van der Waals surface area contributed by atoms with Crippen LogP contribution in [0.3, 0.4) is 0 Å². The van der Waals surface area contributed by atoms with Gasteiger partial charge in [-0.1, -0.05) is 6.07 Å². The van der Waals surface area contributed by atoms with Gasteiger partial charge in [-0.25, -0.2) is 0 Å². The van der Waals surface area contributed by atoms with Gasteiger partial charge in [-0.2, -0.15) is 0 Å². The number of aromatic hydroxyl groups is 1. The lowest BCUT2D eigenvalue weighted by Gasteiger charge is -2.39. The van der Waals surface area contributed by atoms with Crippen molar-refractivity contribution in [2.24, 2.45) is 5.41 Å². The Balaban J connectivity index is 1.66. The van der Waals surface area contributed by atoms with E-state index >= 15 is 0 Å². The van der Waals surface area contributed by atoms with Crippen LogP contribution in [0, 0.1) is 12.3 Å². The molecular formula is C18H24N2O4. The van der Waals surface area contributed by atoms with E-state index < -0.39 is 12.0 Å². The SMILES string of the molecule is Cc1ccc(C(=O)N2CCC3(CC2)C[C@H](C(=O)O)N(C)C3)cc1O. The van der Waals surface area contributed by atoms with Gasteiger partial charge in [0.1, 0.15) is 11.8 Å². The van der Waals surface area contributed by atoms with E-state index in [9.17, 15) is 19.8 Å². The van der Waals surface area contributed by atoms with E-state index in [1.54, 1.807) is 19.1 Å². The zero-order chi connectivity index (χ0) is 17.5. The monoisotopic (exact) mass is 332 g/mol. The van der Waals surface area contributed by atoms with E-state index in [1.165, 1.54) is 6.07 Å². The number of phenols is 1. The molecule has 2 fully saturated rings. The molecule has 6 heteroatoms. The van der Waals surface area contributed by atoms with Gasteiger partial charge >= 0.3 is 5.97 Å². The third-order valence-electron chi connectivity index (χ3n) is 5.60. The number of rotatable bonds is 2. The number of hydrogen-bond donors (Lipinski definition) is 2. The van der Waals surface area contributed by atoms with E-state index in [0.717, 1.165) is 24.9 Å². The summed E-state index contributed by atoms with van der Waals surface area (Å²) in [6, 6.07) is 4.59. The summed E-state index contributed by atoms with van der Waals surface area (Å²) in [6.07, 6.45) is 2.31. The minimum Gasteiger partial charge on any atom is -0.508 e. The van der Waals surface area contributed by atoms with E-state index in [2.05, 4.69) is 0 Å². The number of carboxylic acids is 1. The fourth-order valence-electron chi connectivity index (χ4n) is 4.02. The Labute approximate surface area is 141 Å². The number of carboxylic acid groups (broad SMARTS) is 1. The quantitative estimate of drug-likeness (QED) is 0.862. The minimum absolute atomic E-state index is 0.00397. The summed E-state index contributed by atoms with van der Waals surface area (Å²) in [5, 5.41) is 19.1. The molecular weight excluding hydrogens is 308 g/mol. The van der Waals surface area contributed by atoms with Crippen LogP contribution in [0.25, 0.3) is 0 Å². The van der Waals surface area contributed by atoms with E-state index in [-0.39, 0.29) is 17.1 Å². The molecule has 1 aromatic rings. The predicted octanol–water partition coefficient (Wildman–Crippen LogP) is 1.71. The first-order valence-electron chi connectivity index (χ1n) is 8.33. The fraction of sp³-hybridized carbons (Fsp3) is 0.556. The number of nitrogens with zero attached hydrogens (tertiary/aromatic N) is 2. The van der Waals surface area contributed by atoms with Gasteiger partial charge in [0.2, 0.25) is 0 Å². The van der Waals surface area contributed by atoms with Crippen LogP contribution >= 0.6 is 0 Å². The molecule has 130 valence electrons. The summed E-state index contributed by atoms with van der Waals surface area (Å²) in [6.45, 7) is 3.84. The van der Waals surface area contributed by atoms with Gasteiger partial charge in [-0.15, -0.1) is 0 Å². The number of amides is 1. The molecule has 0 unspecified atom stereocenters. The summed E-state index contributed by atoms with van der Waals surface area (Å²) in [5.41, 5.74) is 1.25. The standard InChI is InChI=1S/C18H24N2O4/c1-12-3-4-13(9-15(12)21)16(22)20-7-5-18(6-8-20)10-14(17(23)24)19(2)11-18/h3-4,9,14,21H,5-8,10-11H2,1-2H3,(H,23,24)/t14-/m1/s1. The Morgan fingerprint density at radius 2 is 1.92 bits per heavy atom. The van der Waals surface area contributed by atoms with Crippen molar-refractivity contribution < 1.29 is 19.8 Å². The van der Waals surface area contributed by atoms with Crippen molar-refractivity contribution in [2.45, 2.75) is 32.2 Å². The van der Waals surface area contributed by atoms with Crippen LogP contribution in [0.1, 0.15) is 35.2 Å². The molecule has 0 aliphatic carbocycles. The van der Waals surface area contributed by atoms with E-state index in [4.69, 9.17) is 0 Å². The molecule has 24 heavy (non-hydrogen) atoms. The first kappa shape index (κ1) is 16.8. The van der Waals surface area contributed by atoms with Gasteiger partial charge in [-0.05, 0) is 56.3 Å². The molecule has 0 aromatic heterocycles. The summed E-state index contributed by atoms with van der Waals surface area (Å²) < 4.78 is 0. The lowest BCUT2D eigenvalue weighted by molar-refractivity contribution is -0.141. The highest BCUT2D eigenvalue weighted by Crippen LogP contribution is 2.43. The maximum Gasteiger partial charge on any atom is 0.320 e. The van der Waals surface area contributed by atoms with Gasteiger partial charge in [0.15, 0.2) is 0 Å². The zero-order valence-electron chi connectivity index (χ0n) is 14.2. The van der Waals surface area contributed by atoms with Crippen LogP contribution < -0.4 is 0 Å². The van der Waals surface area contributed by atoms with Crippen molar-refractivity contribution in [3.05, 3.63) is 29.3 Å². The topological polar surface area (TPSA) is 81.1 Å². The first-order chi connectivity index (χ1) is 11.3. The Morgan fingerprint density at radius 3 is 2.46 bits per heavy atom. The molecule has 1 aromatic carbocycles. The predicted molar refractivity (Wildman–Crippen MR) is 89.1 cm³/mol. The van der Waals surface area contributed by atoms with Crippen molar-refractivity contribution in [1.82, 2.24) is 9.80 Å². The Kier molecular flexibility index (Phi) is 4.25. The average molecular weight is 332 g/mol. The molecule has 0 bridgehead atoms. The van der Waals surface area contributed by atoms with E-state index in [0.29, 0.717) is 25.1 Å². The zero-order valence-corrected chi connectivity index (χ0v) is 14.2. The van der Waals surface area contributed by atoms with Crippen LogP contribution in [-0.2, 0) is 4.79 Å². The largest absolute Gasteiger partial charge is 0.508 e. The maximum atomic E-state index is 12.6. The molecule has 6 nitrogen and oxygen atoms in total. The number of aliphatic carboxylic acids is 1. The molecule has 2 N–H and O–H groups in total. The third-order valence-corrected chi connectivity index (χ3v) is 5.60. The summed E-state index contributed by atoms with van der Waals surface area (Å²) >= 11 is 0. The highest BCUT2D eigenvalue weighted by atomic mass is 16.4. The van der Waals surface area contributed by atoms with Crippen LogP contribution in [0.2, 0.25) is 0 Å². The van der Waals surface area contributed by atoms with Crippen LogP contribution in [0.15, 0.2) is 18.2 Å². The molecule has 1 spiro atoms. The van der Waals surface area contributed by atoms with Crippen molar-refractivity contribution in [1.29, 1.82) is 0 Å². The number of aryl methyl sites for hydroxylation is 1. The number of likely N-dealkylation sites (tertiary alicyclic amines) is 2. The second-order valence-electron chi connectivity index (χ2n) is 7.27. The Morgan fingerprint density at radius 1 is 1.25 bits per heavy atom. The average Bonchev–Trinajstić information content (AvgIpc) is 2.87. The summed E-state index contributed by atoms with van der Waals surface area (Å²) in [4.78, 5) is 27.7. The molecule has 1 amide bonds. The van der Waals surface area contributed by atoms with E-state index in [1.807, 2.05) is 16.8 Å². The number of benzene rings is 1. The summed E-state index contributed by atoms with van der Waals surface area (Å²) in [7, 11) is 1.86. The van der Waals surface area contributed by atoms with Gasteiger partial charge in [-0.3, -0.25) is 14.5 Å². The normalized spacial score (nSPS) is 23.6. The molecule has 2 aliphatic heterocycles. The summed E-state index contributed by atoms with van der Waals surface area (Å²) in [5.74, 6) is -0.694. The minimum atomic E-state index is -0.761. The second-order valence-corrected chi connectivity index (χ2v) is 7.27. The lowest BCUT2D eigenvalue weighted by Crippen LogP contribution is -2.44. The Hall–Kier alpha value is -2.08. The third kappa shape index (κ3) is 2.98. The van der Waals surface area contributed by atoms with Gasteiger partial charge in [0.25, 0.3) is 5.91 Å². The van der Waals surface area contributed by atoms with Crippen LogP contribution in [0.4, 0.5) is 0 Å². The number of hydrogen-bond acceptors (Lipinski definition) is 4. The lowest BCUT2D eigenvalue weighted by atomic mass is 9.76. The number of phenolic OH excluding ortho intramolecular Hbond substituents is 1. The number of likely N-dealkylation sites (N-methyl/N-ethyl adjacent to an activating group) is 1. The van der Waals surface area contributed by atoms with Crippen molar-refractivity contribution in [3.63, 3.8) is 0 Å². The first-order valence-corrected chi connectivity index (χ1v) is 8.33.